The van der Waals surface area contributed by atoms with E-state index in [1.54, 1.807) is 16.2 Å². The molecular weight excluding hydrogens is 284 g/mol. The highest BCUT2D eigenvalue weighted by Crippen LogP contribution is 2.23. The van der Waals surface area contributed by atoms with Crippen molar-refractivity contribution in [2.45, 2.75) is 19.8 Å². The number of amides is 1. The van der Waals surface area contributed by atoms with Crippen LogP contribution >= 0.6 is 11.3 Å². The van der Waals surface area contributed by atoms with Crippen molar-refractivity contribution < 1.29 is 9.53 Å². The third kappa shape index (κ3) is 3.24. The Kier molecular flexibility index (Phi) is 4.20. The number of nitrogens with zero attached hydrogens (tertiary/aromatic N) is 2. The van der Waals surface area contributed by atoms with Gasteiger partial charge < -0.3 is 9.64 Å². The molecule has 1 fully saturated rings. The molecular formula is C16H18N2O2S. The van der Waals surface area contributed by atoms with Gasteiger partial charge in [-0.2, -0.15) is 0 Å². The van der Waals surface area contributed by atoms with Gasteiger partial charge in [-0.1, -0.05) is 31.2 Å². The number of benzene rings is 1. The lowest BCUT2D eigenvalue weighted by Crippen LogP contribution is -2.26. The molecule has 110 valence electrons. The van der Waals surface area contributed by atoms with E-state index in [-0.39, 0.29) is 6.09 Å². The topological polar surface area (TPSA) is 42.4 Å². The van der Waals surface area contributed by atoms with Gasteiger partial charge in [0.15, 0.2) is 0 Å². The maximum Gasteiger partial charge on any atom is 0.409 e. The van der Waals surface area contributed by atoms with Gasteiger partial charge in [-0.05, 0) is 12.0 Å². The predicted molar refractivity (Wildman–Crippen MR) is 83.6 cm³/mol. The molecule has 0 N–H and O–H groups in total. The molecule has 2 heterocycles. The van der Waals surface area contributed by atoms with Crippen molar-refractivity contribution >= 4 is 17.4 Å². The van der Waals surface area contributed by atoms with Crippen LogP contribution in [0.1, 0.15) is 17.5 Å². The van der Waals surface area contributed by atoms with Gasteiger partial charge in [-0.25, -0.2) is 9.78 Å². The molecule has 1 aromatic heterocycles. The molecule has 1 amide bonds. The summed E-state index contributed by atoms with van der Waals surface area (Å²) in [4.78, 5) is 17.8. The van der Waals surface area contributed by atoms with Crippen molar-refractivity contribution in [2.75, 3.05) is 19.7 Å². The molecule has 4 nitrogen and oxygen atoms in total. The van der Waals surface area contributed by atoms with E-state index in [1.807, 2.05) is 0 Å². The normalized spacial score (nSPS) is 14.5. The molecule has 0 unspecified atom stereocenters. The second-order valence-electron chi connectivity index (χ2n) is 5.03. The molecule has 0 atom stereocenters. The zero-order chi connectivity index (χ0) is 14.7. The maximum absolute atomic E-state index is 11.4. The Balaban J connectivity index is 1.63. The number of ether oxygens (including phenoxy) is 1. The van der Waals surface area contributed by atoms with Gasteiger partial charge in [0.25, 0.3) is 0 Å². The number of thiazole rings is 1. The summed E-state index contributed by atoms with van der Waals surface area (Å²) < 4.78 is 4.92. The number of carbonyl (C=O) groups is 1. The summed E-state index contributed by atoms with van der Waals surface area (Å²) in [5.41, 5.74) is 3.50. The van der Waals surface area contributed by atoms with E-state index in [0.717, 1.165) is 29.1 Å². The van der Waals surface area contributed by atoms with E-state index in [2.05, 4.69) is 41.6 Å². The van der Waals surface area contributed by atoms with Gasteiger partial charge in [0, 0.05) is 23.9 Å². The van der Waals surface area contributed by atoms with Crippen LogP contribution < -0.4 is 0 Å². The minimum Gasteiger partial charge on any atom is -0.448 e. The average Bonchev–Trinajstić information content (AvgIpc) is 3.14. The first-order chi connectivity index (χ1) is 10.3. The SMILES string of the molecule is CCc1ccc(-c2csc(CCN3CCOC3=O)n2)cc1. The summed E-state index contributed by atoms with van der Waals surface area (Å²) in [6, 6.07) is 8.54. The Morgan fingerprint density at radius 3 is 2.81 bits per heavy atom. The fourth-order valence-corrected chi connectivity index (χ4v) is 3.13. The van der Waals surface area contributed by atoms with Crippen LogP contribution in [0.15, 0.2) is 29.6 Å². The number of carbonyl (C=O) groups excluding carboxylic acids is 1. The molecule has 2 aromatic rings. The number of hydrogen-bond donors (Lipinski definition) is 0. The minimum atomic E-state index is -0.207. The van der Waals surface area contributed by atoms with Crippen LogP contribution in [-0.4, -0.2) is 35.7 Å². The molecule has 1 aliphatic heterocycles. The monoisotopic (exact) mass is 302 g/mol. The lowest BCUT2D eigenvalue weighted by atomic mass is 10.1. The van der Waals surface area contributed by atoms with Crippen molar-refractivity contribution in [3.05, 3.63) is 40.2 Å². The summed E-state index contributed by atoms with van der Waals surface area (Å²) in [5, 5.41) is 3.14. The van der Waals surface area contributed by atoms with Crippen molar-refractivity contribution in [3.8, 4) is 11.3 Å². The second-order valence-corrected chi connectivity index (χ2v) is 5.97. The summed E-state index contributed by atoms with van der Waals surface area (Å²) in [6.07, 6.45) is 1.63. The molecule has 0 saturated carbocycles. The summed E-state index contributed by atoms with van der Waals surface area (Å²) in [5.74, 6) is 0. The van der Waals surface area contributed by atoms with Crippen LogP contribution in [-0.2, 0) is 17.6 Å². The first-order valence-electron chi connectivity index (χ1n) is 7.21. The van der Waals surface area contributed by atoms with E-state index < -0.39 is 0 Å². The van der Waals surface area contributed by atoms with Gasteiger partial charge >= 0.3 is 6.09 Å². The molecule has 1 aliphatic rings. The van der Waals surface area contributed by atoms with Gasteiger partial charge in [-0.3, -0.25) is 0 Å². The molecule has 3 rings (SSSR count). The van der Waals surface area contributed by atoms with Gasteiger partial charge in [0.1, 0.15) is 6.61 Å². The average molecular weight is 302 g/mol. The van der Waals surface area contributed by atoms with Crippen molar-refractivity contribution in [1.82, 2.24) is 9.88 Å². The van der Waals surface area contributed by atoms with Crippen LogP contribution in [0.3, 0.4) is 0 Å². The Labute approximate surface area is 128 Å². The standard InChI is InChI=1S/C16H18N2O2S/c1-2-12-3-5-13(6-4-12)14-11-21-15(17-14)7-8-18-9-10-20-16(18)19/h3-6,11H,2,7-10H2,1H3. The molecule has 0 bridgehead atoms. The first kappa shape index (κ1) is 14.1. The molecule has 1 saturated heterocycles. The highest BCUT2D eigenvalue weighted by Gasteiger charge is 2.21. The fraction of sp³-hybridized carbons (Fsp3) is 0.375. The summed E-state index contributed by atoms with van der Waals surface area (Å²) in [7, 11) is 0. The van der Waals surface area contributed by atoms with Crippen LogP contribution in [0.5, 0.6) is 0 Å². The highest BCUT2D eigenvalue weighted by atomic mass is 32.1. The van der Waals surface area contributed by atoms with Crippen LogP contribution in [0.4, 0.5) is 4.79 Å². The highest BCUT2D eigenvalue weighted by molar-refractivity contribution is 7.09. The van der Waals surface area contributed by atoms with E-state index in [4.69, 9.17) is 4.74 Å². The van der Waals surface area contributed by atoms with Gasteiger partial charge in [0.2, 0.25) is 0 Å². The zero-order valence-corrected chi connectivity index (χ0v) is 12.9. The van der Waals surface area contributed by atoms with Crippen LogP contribution in [0, 0.1) is 0 Å². The Bertz CT molecular complexity index is 621. The largest absolute Gasteiger partial charge is 0.448 e. The second kappa shape index (κ2) is 6.26. The van der Waals surface area contributed by atoms with Gasteiger partial charge in [0.05, 0.1) is 17.2 Å². The molecule has 0 radical (unpaired) electrons. The third-order valence-electron chi connectivity index (χ3n) is 3.65. The van der Waals surface area contributed by atoms with Crippen molar-refractivity contribution in [2.24, 2.45) is 0 Å². The molecule has 0 aliphatic carbocycles. The Morgan fingerprint density at radius 1 is 1.33 bits per heavy atom. The van der Waals surface area contributed by atoms with Crippen LogP contribution in [0.2, 0.25) is 0 Å². The van der Waals surface area contributed by atoms with E-state index in [1.165, 1.54) is 5.56 Å². The number of rotatable bonds is 5. The number of aryl methyl sites for hydroxylation is 1. The van der Waals surface area contributed by atoms with Crippen molar-refractivity contribution in [3.63, 3.8) is 0 Å². The van der Waals surface area contributed by atoms with E-state index in [9.17, 15) is 4.79 Å². The maximum atomic E-state index is 11.4. The van der Waals surface area contributed by atoms with E-state index in [0.29, 0.717) is 19.7 Å². The summed E-state index contributed by atoms with van der Waals surface area (Å²) >= 11 is 1.65. The molecule has 5 heteroatoms. The zero-order valence-electron chi connectivity index (χ0n) is 12.0. The predicted octanol–water partition coefficient (Wildman–Crippen LogP) is 3.37. The Morgan fingerprint density at radius 2 is 2.14 bits per heavy atom. The third-order valence-corrected chi connectivity index (χ3v) is 4.56. The van der Waals surface area contributed by atoms with Crippen LogP contribution in [0.25, 0.3) is 11.3 Å². The molecule has 0 spiro atoms. The lowest BCUT2D eigenvalue weighted by Gasteiger charge is -2.10. The molecule has 1 aromatic carbocycles. The quantitative estimate of drug-likeness (QED) is 0.850. The molecule has 21 heavy (non-hydrogen) atoms. The number of cyclic esters (lactones) is 1. The van der Waals surface area contributed by atoms with E-state index >= 15 is 0 Å². The number of aromatic nitrogens is 1. The first-order valence-corrected chi connectivity index (χ1v) is 8.09. The van der Waals surface area contributed by atoms with Gasteiger partial charge in [-0.15, -0.1) is 11.3 Å². The van der Waals surface area contributed by atoms with Crippen molar-refractivity contribution in [1.29, 1.82) is 0 Å². The Hall–Kier alpha value is -1.88. The minimum absolute atomic E-state index is 0.207. The lowest BCUT2D eigenvalue weighted by molar-refractivity contribution is 0.159. The summed E-state index contributed by atoms with van der Waals surface area (Å²) in [6.45, 7) is 4.03. The fourth-order valence-electron chi connectivity index (χ4n) is 2.33. The number of hydrogen-bond acceptors (Lipinski definition) is 4. The smallest absolute Gasteiger partial charge is 0.409 e.